The van der Waals surface area contributed by atoms with Crippen LogP contribution in [0, 0.1) is 0 Å². The molecule has 82 valence electrons. The molecule has 0 aliphatic heterocycles. The molecule has 0 rings (SSSR count). The lowest BCUT2D eigenvalue weighted by Crippen LogP contribution is -2.49. The molecule has 0 unspecified atom stereocenters. The van der Waals surface area contributed by atoms with Crippen molar-refractivity contribution in [2.75, 3.05) is 0 Å². The maximum absolute atomic E-state index is 11.5. The third-order valence-corrected chi connectivity index (χ3v) is 1.49. The van der Waals surface area contributed by atoms with Gasteiger partial charge in [0, 0.05) is 0 Å². The lowest BCUT2D eigenvalue weighted by Gasteiger charge is -2.27. The first kappa shape index (κ1) is 15.3. The lowest BCUT2D eigenvalue weighted by molar-refractivity contribution is -0.262. The molecular weight excluding hydrogens is 222 g/mol. The summed E-state index contributed by atoms with van der Waals surface area (Å²) in [4.78, 5) is -4.15. The minimum atomic E-state index is -5.48. The van der Waals surface area contributed by atoms with Crippen molar-refractivity contribution in [1.29, 1.82) is 0 Å². The summed E-state index contributed by atoms with van der Waals surface area (Å²) in [5.74, 6) is 0. The van der Waals surface area contributed by atoms with Crippen molar-refractivity contribution in [3.63, 3.8) is 0 Å². The first-order valence-corrected chi connectivity index (χ1v) is 3.70. The average molecular weight is 231 g/mol. The molecule has 0 fully saturated rings. The fourth-order valence-corrected chi connectivity index (χ4v) is 0.161. The predicted octanol–water partition coefficient (Wildman–Crippen LogP) is 4.13. The quantitative estimate of drug-likeness (QED) is 0.433. The standard InChI is InChI=1S/C4H3ClF6.C2H6/c1-2(5,3(6,7)8)4(9,10)11;1-2/h1H3;1-2H3. The molecule has 0 heterocycles. The Balaban J connectivity index is 0. The molecule has 0 aliphatic carbocycles. The van der Waals surface area contributed by atoms with Gasteiger partial charge >= 0.3 is 12.4 Å². The molecule has 13 heavy (non-hydrogen) atoms. The zero-order valence-corrected chi connectivity index (χ0v) is 7.90. The van der Waals surface area contributed by atoms with Crippen molar-refractivity contribution < 1.29 is 26.3 Å². The van der Waals surface area contributed by atoms with E-state index in [1.54, 1.807) is 0 Å². The van der Waals surface area contributed by atoms with Crippen LogP contribution in [0.2, 0.25) is 0 Å². The number of hydrogen-bond acceptors (Lipinski definition) is 0. The molecule has 0 aliphatic rings. The van der Waals surface area contributed by atoms with E-state index < -0.39 is 17.2 Å². The van der Waals surface area contributed by atoms with E-state index in [0.29, 0.717) is 0 Å². The molecule has 0 N–H and O–H groups in total. The van der Waals surface area contributed by atoms with Gasteiger partial charge in [-0.05, 0) is 6.92 Å². The third-order valence-electron chi connectivity index (χ3n) is 1.06. The first-order chi connectivity index (χ1) is 5.50. The minimum absolute atomic E-state index is 0.130. The van der Waals surface area contributed by atoms with Crippen LogP contribution >= 0.6 is 11.6 Å². The Hall–Kier alpha value is -0.130. The van der Waals surface area contributed by atoms with E-state index in [4.69, 9.17) is 0 Å². The highest BCUT2D eigenvalue weighted by molar-refractivity contribution is 6.24. The van der Waals surface area contributed by atoms with Crippen molar-refractivity contribution in [1.82, 2.24) is 0 Å². The lowest BCUT2D eigenvalue weighted by atomic mass is 10.1. The second-order valence-electron chi connectivity index (χ2n) is 2.00. The van der Waals surface area contributed by atoms with E-state index in [1.165, 1.54) is 0 Å². The van der Waals surface area contributed by atoms with E-state index in [1.807, 2.05) is 13.8 Å². The van der Waals surface area contributed by atoms with E-state index >= 15 is 0 Å². The Kier molecular flexibility index (Phi) is 5.18. The zero-order valence-electron chi connectivity index (χ0n) is 7.15. The molecule has 7 heteroatoms. The predicted molar refractivity (Wildman–Crippen MR) is 37.7 cm³/mol. The Morgan fingerprint density at radius 3 is 0.923 bits per heavy atom. The van der Waals surface area contributed by atoms with Gasteiger partial charge in [-0.25, -0.2) is 0 Å². The van der Waals surface area contributed by atoms with Crippen LogP contribution in [0.25, 0.3) is 0 Å². The topological polar surface area (TPSA) is 0 Å². The molecule has 0 radical (unpaired) electrons. The summed E-state index contributed by atoms with van der Waals surface area (Å²) in [5.41, 5.74) is 0. The Morgan fingerprint density at radius 2 is 0.923 bits per heavy atom. The van der Waals surface area contributed by atoms with Gasteiger partial charge in [0.25, 0.3) is 0 Å². The van der Waals surface area contributed by atoms with Gasteiger partial charge in [-0.15, -0.1) is 0 Å². The van der Waals surface area contributed by atoms with Crippen molar-refractivity contribution in [3.05, 3.63) is 0 Å². The highest BCUT2D eigenvalue weighted by Crippen LogP contribution is 2.47. The Morgan fingerprint density at radius 1 is 0.769 bits per heavy atom. The first-order valence-electron chi connectivity index (χ1n) is 3.32. The summed E-state index contributed by atoms with van der Waals surface area (Å²) in [6.45, 7) is 3.87. The highest BCUT2D eigenvalue weighted by atomic mass is 35.5. The number of alkyl halides is 7. The van der Waals surface area contributed by atoms with Crippen molar-refractivity contribution in [3.8, 4) is 0 Å². The van der Waals surface area contributed by atoms with Gasteiger partial charge in [-0.3, -0.25) is 0 Å². The van der Waals surface area contributed by atoms with E-state index in [9.17, 15) is 26.3 Å². The molecule has 0 amide bonds. The normalized spacial score (nSPS) is 13.4. The number of hydrogen-bond donors (Lipinski definition) is 0. The van der Waals surface area contributed by atoms with Crippen LogP contribution in [0.3, 0.4) is 0 Å². The molecule has 0 atom stereocenters. The van der Waals surface area contributed by atoms with Gasteiger partial charge < -0.3 is 0 Å². The maximum atomic E-state index is 11.5. The Labute approximate surface area is 76.9 Å². The van der Waals surface area contributed by atoms with Crippen LogP contribution in [-0.4, -0.2) is 17.2 Å². The molecule has 0 aromatic rings. The highest BCUT2D eigenvalue weighted by Gasteiger charge is 2.66. The number of rotatable bonds is 0. The molecule has 0 spiro atoms. The van der Waals surface area contributed by atoms with Gasteiger partial charge in [0.1, 0.15) is 0 Å². The van der Waals surface area contributed by atoms with E-state index in [2.05, 4.69) is 11.6 Å². The van der Waals surface area contributed by atoms with Crippen LogP contribution in [0.4, 0.5) is 26.3 Å². The van der Waals surface area contributed by atoms with Gasteiger partial charge in [-0.2, -0.15) is 26.3 Å². The molecule has 0 aromatic heterocycles. The van der Waals surface area contributed by atoms with Crippen LogP contribution < -0.4 is 0 Å². The van der Waals surface area contributed by atoms with Crippen LogP contribution in [0.1, 0.15) is 20.8 Å². The summed E-state index contributed by atoms with van der Waals surface area (Å²) in [6.07, 6.45) is -11.0. The largest absolute Gasteiger partial charge is 0.416 e. The fraction of sp³-hybridized carbons (Fsp3) is 1.00. The van der Waals surface area contributed by atoms with E-state index in [-0.39, 0.29) is 6.92 Å². The summed E-state index contributed by atoms with van der Waals surface area (Å²) >= 11 is 4.24. The second-order valence-corrected chi connectivity index (χ2v) is 2.75. The zero-order chi connectivity index (χ0) is 11.5. The summed E-state index contributed by atoms with van der Waals surface area (Å²) in [5, 5.41) is 0. The fourth-order valence-electron chi connectivity index (χ4n) is 0.161. The third kappa shape index (κ3) is 3.62. The number of halogens is 7. The summed E-state index contributed by atoms with van der Waals surface area (Å²) in [7, 11) is 0. The molecule has 0 saturated heterocycles. The van der Waals surface area contributed by atoms with Crippen molar-refractivity contribution in [2.45, 2.75) is 38.0 Å². The van der Waals surface area contributed by atoms with Crippen molar-refractivity contribution in [2.24, 2.45) is 0 Å². The van der Waals surface area contributed by atoms with E-state index in [0.717, 1.165) is 0 Å². The smallest absolute Gasteiger partial charge is 0.169 e. The summed E-state index contributed by atoms with van der Waals surface area (Å²) in [6, 6.07) is 0. The molecule has 0 nitrogen and oxygen atoms in total. The SMILES string of the molecule is CC.CC(Cl)(C(F)(F)F)C(F)(F)F. The summed E-state index contributed by atoms with van der Waals surface area (Å²) < 4.78 is 68.9. The van der Waals surface area contributed by atoms with Gasteiger partial charge in [0.05, 0.1) is 0 Å². The van der Waals surface area contributed by atoms with Gasteiger partial charge in [0.2, 0.25) is 4.87 Å². The van der Waals surface area contributed by atoms with Gasteiger partial charge in [0.15, 0.2) is 0 Å². The van der Waals surface area contributed by atoms with Crippen molar-refractivity contribution >= 4 is 11.6 Å². The molecule has 0 saturated carbocycles. The molecular formula is C6H9ClF6. The maximum Gasteiger partial charge on any atom is 0.416 e. The van der Waals surface area contributed by atoms with Crippen LogP contribution in [0.5, 0.6) is 0 Å². The van der Waals surface area contributed by atoms with Crippen LogP contribution in [-0.2, 0) is 0 Å². The average Bonchev–Trinajstić information content (AvgIpc) is 1.87. The second kappa shape index (κ2) is 4.39. The monoisotopic (exact) mass is 230 g/mol. The van der Waals surface area contributed by atoms with Gasteiger partial charge in [-0.1, -0.05) is 25.4 Å². The minimum Gasteiger partial charge on any atom is -0.169 e. The Bertz CT molecular complexity index is 128. The molecule has 0 bridgehead atoms. The molecule has 0 aromatic carbocycles. The van der Waals surface area contributed by atoms with Crippen LogP contribution in [0.15, 0.2) is 0 Å².